The minimum atomic E-state index is -0.0601. The van der Waals surface area contributed by atoms with Crippen LogP contribution in [-0.4, -0.2) is 28.2 Å². The lowest BCUT2D eigenvalue weighted by atomic mass is 9.92. The van der Waals surface area contributed by atoms with Crippen LogP contribution in [0.2, 0.25) is 0 Å². The highest BCUT2D eigenvalue weighted by molar-refractivity contribution is 5.79. The molecule has 2 aromatic rings. The predicted molar refractivity (Wildman–Crippen MR) is 88.1 cm³/mol. The fourth-order valence-corrected chi connectivity index (χ4v) is 3.13. The van der Waals surface area contributed by atoms with Crippen LogP contribution in [0.5, 0.6) is 0 Å². The third kappa shape index (κ3) is 3.45. The second-order valence-electron chi connectivity index (χ2n) is 6.24. The predicted octanol–water partition coefficient (Wildman–Crippen LogP) is 2.55. The Kier molecular flexibility index (Phi) is 4.76. The molecule has 5 heteroatoms. The van der Waals surface area contributed by atoms with Crippen LogP contribution < -0.4 is 5.32 Å². The molecular formula is C18H23N3O2. The van der Waals surface area contributed by atoms with Gasteiger partial charge in [0.1, 0.15) is 5.82 Å². The zero-order chi connectivity index (χ0) is 16.2. The van der Waals surface area contributed by atoms with Crippen molar-refractivity contribution >= 4 is 5.91 Å². The first-order valence-corrected chi connectivity index (χ1v) is 8.14. The van der Waals surface area contributed by atoms with E-state index in [1.807, 2.05) is 41.1 Å². The monoisotopic (exact) mass is 313 g/mol. The lowest BCUT2D eigenvalue weighted by Crippen LogP contribution is -2.37. The zero-order valence-electron chi connectivity index (χ0n) is 13.6. The maximum absolute atomic E-state index is 12.5. The van der Waals surface area contributed by atoms with Gasteiger partial charge in [-0.3, -0.25) is 4.79 Å². The van der Waals surface area contributed by atoms with Gasteiger partial charge < -0.3 is 14.6 Å². The van der Waals surface area contributed by atoms with Crippen molar-refractivity contribution in [2.75, 3.05) is 6.61 Å². The van der Waals surface area contributed by atoms with Crippen LogP contribution in [0, 0.1) is 11.8 Å². The molecule has 1 aliphatic heterocycles. The fourth-order valence-electron chi connectivity index (χ4n) is 3.13. The van der Waals surface area contributed by atoms with E-state index in [1.165, 1.54) is 0 Å². The molecule has 1 aromatic heterocycles. The van der Waals surface area contributed by atoms with Crippen molar-refractivity contribution in [1.82, 2.24) is 14.9 Å². The molecule has 122 valence electrons. The first kappa shape index (κ1) is 15.7. The van der Waals surface area contributed by atoms with Crippen molar-refractivity contribution in [2.45, 2.75) is 32.9 Å². The molecule has 1 saturated heterocycles. The minimum absolute atomic E-state index is 0.0175. The summed E-state index contributed by atoms with van der Waals surface area (Å²) < 4.78 is 7.69. The van der Waals surface area contributed by atoms with E-state index in [4.69, 9.17) is 4.74 Å². The third-order valence-corrected chi connectivity index (χ3v) is 4.30. The molecule has 5 nitrogen and oxygen atoms in total. The SMILES string of the molecule is CC(C)[C@@H]1OCC[C@@H]1C(=O)NCc1nccn1-c1ccccc1. The summed E-state index contributed by atoms with van der Waals surface area (Å²) in [5.74, 6) is 1.17. The third-order valence-electron chi connectivity index (χ3n) is 4.30. The van der Waals surface area contributed by atoms with Crippen LogP contribution in [0.4, 0.5) is 0 Å². The maximum atomic E-state index is 12.5. The van der Waals surface area contributed by atoms with Crippen LogP contribution in [0.3, 0.4) is 0 Å². The van der Waals surface area contributed by atoms with E-state index < -0.39 is 0 Å². The van der Waals surface area contributed by atoms with Gasteiger partial charge in [-0.15, -0.1) is 0 Å². The van der Waals surface area contributed by atoms with E-state index in [-0.39, 0.29) is 17.9 Å². The molecular weight excluding hydrogens is 290 g/mol. The number of imidazole rings is 1. The van der Waals surface area contributed by atoms with E-state index in [0.29, 0.717) is 19.1 Å². The first-order valence-electron chi connectivity index (χ1n) is 8.14. The fraction of sp³-hybridized carbons (Fsp3) is 0.444. The molecule has 0 aliphatic carbocycles. The summed E-state index contributed by atoms with van der Waals surface area (Å²) in [6, 6.07) is 9.99. The quantitative estimate of drug-likeness (QED) is 0.923. The molecule has 1 fully saturated rings. The first-order chi connectivity index (χ1) is 11.2. The number of benzene rings is 1. The molecule has 0 saturated carbocycles. The van der Waals surface area contributed by atoms with Crippen LogP contribution >= 0.6 is 0 Å². The van der Waals surface area contributed by atoms with Gasteiger partial charge in [0.2, 0.25) is 5.91 Å². The highest BCUT2D eigenvalue weighted by Crippen LogP contribution is 2.27. The van der Waals surface area contributed by atoms with Gasteiger partial charge in [0.25, 0.3) is 0 Å². The Morgan fingerprint density at radius 1 is 1.39 bits per heavy atom. The number of carbonyl (C=O) groups is 1. The van der Waals surface area contributed by atoms with Crippen molar-refractivity contribution in [2.24, 2.45) is 11.8 Å². The normalized spacial score (nSPS) is 20.8. The molecule has 0 radical (unpaired) electrons. The lowest BCUT2D eigenvalue weighted by molar-refractivity contribution is -0.127. The minimum Gasteiger partial charge on any atom is -0.377 e. The molecule has 23 heavy (non-hydrogen) atoms. The van der Waals surface area contributed by atoms with Gasteiger partial charge in [-0.1, -0.05) is 32.0 Å². The number of aromatic nitrogens is 2. The van der Waals surface area contributed by atoms with Crippen molar-refractivity contribution < 1.29 is 9.53 Å². The highest BCUT2D eigenvalue weighted by Gasteiger charge is 2.35. The number of ether oxygens (including phenoxy) is 1. The average Bonchev–Trinajstić information content (AvgIpc) is 3.22. The summed E-state index contributed by atoms with van der Waals surface area (Å²) in [4.78, 5) is 16.8. The number of nitrogens with one attached hydrogen (secondary N) is 1. The van der Waals surface area contributed by atoms with E-state index >= 15 is 0 Å². The molecule has 1 aromatic carbocycles. The van der Waals surface area contributed by atoms with Gasteiger partial charge in [0.05, 0.1) is 18.6 Å². The van der Waals surface area contributed by atoms with Gasteiger partial charge in [-0.05, 0) is 24.5 Å². The number of nitrogens with zero attached hydrogens (tertiary/aromatic N) is 2. The van der Waals surface area contributed by atoms with Crippen LogP contribution in [0.1, 0.15) is 26.1 Å². The van der Waals surface area contributed by atoms with E-state index in [2.05, 4.69) is 24.1 Å². The Labute approximate surface area is 136 Å². The zero-order valence-corrected chi connectivity index (χ0v) is 13.6. The van der Waals surface area contributed by atoms with Crippen molar-refractivity contribution in [3.05, 3.63) is 48.5 Å². The molecule has 2 heterocycles. The molecule has 0 unspecified atom stereocenters. The number of hydrogen-bond acceptors (Lipinski definition) is 3. The number of para-hydroxylation sites is 1. The second kappa shape index (κ2) is 6.96. The molecule has 3 rings (SSSR count). The number of rotatable bonds is 5. The molecule has 0 bridgehead atoms. The van der Waals surface area contributed by atoms with Crippen LogP contribution in [0.25, 0.3) is 5.69 Å². The Morgan fingerprint density at radius 3 is 2.91 bits per heavy atom. The summed E-state index contributed by atoms with van der Waals surface area (Å²) in [5.41, 5.74) is 1.04. The van der Waals surface area contributed by atoms with E-state index in [9.17, 15) is 4.79 Å². The maximum Gasteiger partial charge on any atom is 0.226 e. The molecule has 1 aliphatic rings. The highest BCUT2D eigenvalue weighted by atomic mass is 16.5. The number of carbonyl (C=O) groups excluding carboxylic acids is 1. The van der Waals surface area contributed by atoms with Gasteiger partial charge >= 0.3 is 0 Å². The largest absolute Gasteiger partial charge is 0.377 e. The van der Waals surface area contributed by atoms with E-state index in [1.54, 1.807) is 6.20 Å². The Bertz CT molecular complexity index is 651. The van der Waals surface area contributed by atoms with Crippen molar-refractivity contribution in [3.8, 4) is 5.69 Å². The standard InChI is InChI=1S/C18H23N3O2/c1-13(2)17-15(8-11-23-17)18(22)20-12-16-19-9-10-21(16)14-6-4-3-5-7-14/h3-7,9-10,13,15,17H,8,11-12H2,1-2H3,(H,20,22)/t15-,17-/m0/s1. The summed E-state index contributed by atoms with van der Waals surface area (Å²) in [5, 5.41) is 3.02. The Morgan fingerprint density at radius 2 is 2.17 bits per heavy atom. The van der Waals surface area contributed by atoms with Gasteiger partial charge in [0, 0.05) is 24.7 Å². The average molecular weight is 313 g/mol. The number of amides is 1. The molecule has 1 N–H and O–H groups in total. The lowest BCUT2D eigenvalue weighted by Gasteiger charge is -2.21. The number of hydrogen-bond donors (Lipinski definition) is 1. The topological polar surface area (TPSA) is 56.1 Å². The van der Waals surface area contributed by atoms with E-state index in [0.717, 1.165) is 17.9 Å². The van der Waals surface area contributed by atoms with Gasteiger partial charge in [-0.2, -0.15) is 0 Å². The molecule has 2 atom stereocenters. The Balaban J connectivity index is 1.65. The van der Waals surface area contributed by atoms with Crippen LogP contribution in [0.15, 0.2) is 42.7 Å². The second-order valence-corrected chi connectivity index (χ2v) is 6.24. The van der Waals surface area contributed by atoms with Crippen LogP contribution in [-0.2, 0) is 16.1 Å². The summed E-state index contributed by atoms with van der Waals surface area (Å²) in [7, 11) is 0. The van der Waals surface area contributed by atoms with Crippen molar-refractivity contribution in [3.63, 3.8) is 0 Å². The van der Waals surface area contributed by atoms with Gasteiger partial charge in [-0.25, -0.2) is 4.98 Å². The molecule has 1 amide bonds. The Hall–Kier alpha value is -2.14. The smallest absolute Gasteiger partial charge is 0.226 e. The molecule has 0 spiro atoms. The van der Waals surface area contributed by atoms with Gasteiger partial charge in [0.15, 0.2) is 0 Å². The summed E-state index contributed by atoms with van der Waals surface area (Å²) >= 11 is 0. The summed E-state index contributed by atoms with van der Waals surface area (Å²) in [6.07, 6.45) is 4.47. The van der Waals surface area contributed by atoms with Crippen molar-refractivity contribution in [1.29, 1.82) is 0 Å². The summed E-state index contributed by atoms with van der Waals surface area (Å²) in [6.45, 7) is 5.28.